The molecular formula is C9H7NO2. The van der Waals surface area contributed by atoms with E-state index in [2.05, 4.69) is 11.6 Å². The predicted molar refractivity (Wildman–Crippen MR) is 46.9 cm³/mol. The largest absolute Gasteiger partial charge is 0.417 e. The van der Waals surface area contributed by atoms with E-state index in [0.29, 0.717) is 11.1 Å². The van der Waals surface area contributed by atoms with E-state index < -0.39 is 5.76 Å². The Balaban J connectivity index is 2.82. The van der Waals surface area contributed by atoms with Crippen LogP contribution in [-0.4, -0.2) is 4.98 Å². The van der Waals surface area contributed by atoms with E-state index in [-0.39, 0.29) is 0 Å². The maximum absolute atomic E-state index is 10.7. The van der Waals surface area contributed by atoms with Gasteiger partial charge in [-0.25, -0.2) is 4.79 Å². The van der Waals surface area contributed by atoms with E-state index in [4.69, 9.17) is 4.42 Å². The zero-order chi connectivity index (χ0) is 8.55. The van der Waals surface area contributed by atoms with Crippen LogP contribution in [0.5, 0.6) is 0 Å². The Hall–Kier alpha value is -1.77. The van der Waals surface area contributed by atoms with Gasteiger partial charge in [-0.15, -0.1) is 0 Å². The van der Waals surface area contributed by atoms with Gasteiger partial charge in [0.15, 0.2) is 5.58 Å². The van der Waals surface area contributed by atoms with Crippen molar-refractivity contribution < 1.29 is 4.42 Å². The molecule has 1 aromatic carbocycles. The van der Waals surface area contributed by atoms with Crippen molar-refractivity contribution in [3.05, 3.63) is 40.9 Å². The minimum Gasteiger partial charge on any atom is -0.408 e. The van der Waals surface area contributed by atoms with Crippen LogP contribution in [0.3, 0.4) is 0 Å². The molecule has 60 valence electrons. The number of hydrogen-bond donors (Lipinski definition) is 1. The van der Waals surface area contributed by atoms with Gasteiger partial charge in [0.25, 0.3) is 0 Å². The number of benzene rings is 1. The first-order valence-corrected chi connectivity index (χ1v) is 3.55. The van der Waals surface area contributed by atoms with E-state index in [0.717, 1.165) is 5.56 Å². The number of nitrogens with one attached hydrogen (secondary N) is 1. The summed E-state index contributed by atoms with van der Waals surface area (Å²) < 4.78 is 4.85. The fourth-order valence-electron chi connectivity index (χ4n) is 1.09. The first kappa shape index (κ1) is 6.91. The van der Waals surface area contributed by atoms with Crippen LogP contribution in [0, 0.1) is 0 Å². The molecule has 0 saturated heterocycles. The van der Waals surface area contributed by atoms with E-state index >= 15 is 0 Å². The Labute approximate surface area is 68.3 Å². The molecule has 0 bridgehead atoms. The maximum Gasteiger partial charge on any atom is 0.417 e. The average molecular weight is 161 g/mol. The molecule has 0 aliphatic heterocycles. The molecule has 0 spiro atoms. The van der Waals surface area contributed by atoms with Crippen LogP contribution in [-0.2, 0) is 0 Å². The van der Waals surface area contributed by atoms with E-state index in [1.165, 1.54) is 0 Å². The highest BCUT2D eigenvalue weighted by atomic mass is 16.4. The summed E-state index contributed by atoms with van der Waals surface area (Å²) in [6, 6.07) is 5.41. The third-order valence-electron chi connectivity index (χ3n) is 1.68. The molecule has 1 aromatic heterocycles. The summed E-state index contributed by atoms with van der Waals surface area (Å²) >= 11 is 0. The van der Waals surface area contributed by atoms with Gasteiger partial charge < -0.3 is 4.42 Å². The summed E-state index contributed by atoms with van der Waals surface area (Å²) in [7, 11) is 0. The summed E-state index contributed by atoms with van der Waals surface area (Å²) in [6.45, 7) is 3.61. The van der Waals surface area contributed by atoms with Crippen molar-refractivity contribution in [2.24, 2.45) is 0 Å². The van der Waals surface area contributed by atoms with Crippen LogP contribution in [0.1, 0.15) is 5.56 Å². The molecule has 0 atom stereocenters. The van der Waals surface area contributed by atoms with Gasteiger partial charge in [0.05, 0.1) is 5.52 Å². The van der Waals surface area contributed by atoms with E-state index in [1.807, 2.05) is 6.07 Å². The molecule has 0 unspecified atom stereocenters. The standard InChI is InChI=1S/C9H7NO2/c1-2-6-3-4-7-8(5-6)12-9(11)10-7/h2-5H,1H2,(H,10,11). The molecule has 2 rings (SSSR count). The Morgan fingerprint density at radius 2 is 2.33 bits per heavy atom. The van der Waals surface area contributed by atoms with Gasteiger partial charge in [-0.05, 0) is 17.7 Å². The maximum atomic E-state index is 10.7. The van der Waals surface area contributed by atoms with Crippen molar-refractivity contribution in [3.63, 3.8) is 0 Å². The smallest absolute Gasteiger partial charge is 0.408 e. The Kier molecular flexibility index (Phi) is 1.37. The normalized spacial score (nSPS) is 10.3. The predicted octanol–water partition coefficient (Wildman–Crippen LogP) is 1.76. The zero-order valence-corrected chi connectivity index (χ0v) is 6.33. The van der Waals surface area contributed by atoms with Crippen LogP contribution in [0.15, 0.2) is 34.0 Å². The lowest BCUT2D eigenvalue weighted by Gasteiger charge is -1.89. The average Bonchev–Trinajstić information content (AvgIpc) is 2.43. The van der Waals surface area contributed by atoms with Gasteiger partial charge in [0, 0.05) is 0 Å². The molecule has 2 aromatic rings. The SMILES string of the molecule is C=Cc1ccc2[nH]c(=O)oc2c1. The fraction of sp³-hybridized carbons (Fsp3) is 0. The van der Waals surface area contributed by atoms with Crippen molar-refractivity contribution in [1.29, 1.82) is 0 Å². The lowest BCUT2D eigenvalue weighted by molar-refractivity contribution is 0.555. The van der Waals surface area contributed by atoms with Crippen LogP contribution in [0.4, 0.5) is 0 Å². The minimum atomic E-state index is -0.425. The quantitative estimate of drug-likeness (QED) is 0.692. The number of aromatic nitrogens is 1. The Bertz CT molecular complexity index is 478. The van der Waals surface area contributed by atoms with Crippen molar-refractivity contribution in [3.8, 4) is 0 Å². The molecular weight excluding hydrogens is 154 g/mol. The molecule has 0 amide bonds. The second kappa shape index (κ2) is 2.37. The highest BCUT2D eigenvalue weighted by Gasteiger charge is 1.99. The van der Waals surface area contributed by atoms with Crippen molar-refractivity contribution in [1.82, 2.24) is 4.98 Å². The number of fused-ring (bicyclic) bond motifs is 1. The lowest BCUT2D eigenvalue weighted by atomic mass is 10.2. The molecule has 3 heteroatoms. The molecule has 0 aliphatic rings. The molecule has 0 radical (unpaired) electrons. The zero-order valence-electron chi connectivity index (χ0n) is 6.33. The monoisotopic (exact) mass is 161 g/mol. The first-order valence-electron chi connectivity index (χ1n) is 3.55. The van der Waals surface area contributed by atoms with Gasteiger partial charge in [-0.1, -0.05) is 18.7 Å². The number of aromatic amines is 1. The summed E-state index contributed by atoms with van der Waals surface area (Å²) in [5, 5.41) is 0. The third kappa shape index (κ3) is 0.955. The van der Waals surface area contributed by atoms with Crippen LogP contribution in [0.2, 0.25) is 0 Å². The molecule has 0 saturated carbocycles. The summed E-state index contributed by atoms with van der Waals surface area (Å²) in [4.78, 5) is 13.3. The van der Waals surface area contributed by atoms with Crippen LogP contribution in [0.25, 0.3) is 17.2 Å². The minimum absolute atomic E-state index is 0.425. The Morgan fingerprint density at radius 1 is 1.50 bits per heavy atom. The van der Waals surface area contributed by atoms with E-state index in [1.54, 1.807) is 18.2 Å². The van der Waals surface area contributed by atoms with Gasteiger partial charge >= 0.3 is 5.76 Å². The summed E-state index contributed by atoms with van der Waals surface area (Å²) in [5.74, 6) is -0.425. The lowest BCUT2D eigenvalue weighted by Crippen LogP contribution is -1.92. The number of rotatable bonds is 1. The third-order valence-corrected chi connectivity index (χ3v) is 1.68. The van der Waals surface area contributed by atoms with Crippen molar-refractivity contribution in [2.45, 2.75) is 0 Å². The second-order valence-corrected chi connectivity index (χ2v) is 2.47. The summed E-state index contributed by atoms with van der Waals surface area (Å²) in [6.07, 6.45) is 1.70. The number of H-pyrrole nitrogens is 1. The fourth-order valence-corrected chi connectivity index (χ4v) is 1.09. The first-order chi connectivity index (χ1) is 5.79. The Morgan fingerprint density at radius 3 is 3.08 bits per heavy atom. The molecule has 12 heavy (non-hydrogen) atoms. The van der Waals surface area contributed by atoms with Crippen molar-refractivity contribution in [2.75, 3.05) is 0 Å². The molecule has 1 N–H and O–H groups in total. The summed E-state index contributed by atoms with van der Waals surface area (Å²) in [5.41, 5.74) is 2.22. The second-order valence-electron chi connectivity index (χ2n) is 2.47. The van der Waals surface area contributed by atoms with Gasteiger partial charge in [0.2, 0.25) is 0 Å². The molecule has 0 fully saturated rings. The van der Waals surface area contributed by atoms with Gasteiger partial charge in [0.1, 0.15) is 0 Å². The highest BCUT2D eigenvalue weighted by molar-refractivity contribution is 5.75. The molecule has 0 aliphatic carbocycles. The van der Waals surface area contributed by atoms with Crippen LogP contribution >= 0.6 is 0 Å². The molecule has 3 nitrogen and oxygen atoms in total. The topological polar surface area (TPSA) is 46.0 Å². The van der Waals surface area contributed by atoms with E-state index in [9.17, 15) is 4.79 Å². The molecule has 1 heterocycles. The van der Waals surface area contributed by atoms with Gasteiger partial charge in [-0.3, -0.25) is 4.98 Å². The number of hydrogen-bond acceptors (Lipinski definition) is 2. The van der Waals surface area contributed by atoms with Crippen molar-refractivity contribution >= 4 is 17.2 Å². The van der Waals surface area contributed by atoms with Gasteiger partial charge in [-0.2, -0.15) is 0 Å². The van der Waals surface area contributed by atoms with Crippen LogP contribution < -0.4 is 5.76 Å². The number of oxazole rings is 1. The highest BCUT2D eigenvalue weighted by Crippen LogP contribution is 2.12.